The number of nitrogens with one attached hydrogen (secondary N) is 1. The molecule has 8 heteroatoms. The van der Waals surface area contributed by atoms with Crippen molar-refractivity contribution in [3.05, 3.63) is 125 Å². The fourth-order valence-corrected chi connectivity index (χ4v) is 8.68. The minimum Gasteiger partial charge on any atom is -0.415 e. The first-order chi connectivity index (χ1) is 17.9. The number of para-hydroxylation sites is 2. The molecule has 4 rings (SSSR count). The molecule has 0 radical (unpaired) electrons. The summed E-state index contributed by atoms with van der Waals surface area (Å²) in [5.41, 5.74) is 3.52. The Morgan fingerprint density at radius 3 is 1.58 bits per heavy atom. The van der Waals surface area contributed by atoms with Gasteiger partial charge in [-0.1, -0.05) is 83.9 Å². The second-order valence-corrected chi connectivity index (χ2v) is 13.5. The van der Waals surface area contributed by atoms with Crippen LogP contribution in [0.25, 0.3) is 0 Å². The van der Waals surface area contributed by atoms with Gasteiger partial charge in [-0.3, -0.25) is 0 Å². The van der Waals surface area contributed by atoms with E-state index >= 15 is 4.57 Å². The maximum atomic E-state index is 15.0. The Morgan fingerprint density at radius 1 is 0.684 bits per heavy atom. The highest BCUT2D eigenvalue weighted by atomic mass is 32.2. The molecule has 4 aromatic carbocycles. The lowest BCUT2D eigenvalue weighted by Crippen LogP contribution is -2.45. The van der Waals surface area contributed by atoms with E-state index in [1.165, 1.54) is 0 Å². The second-order valence-electron chi connectivity index (χ2n) is 9.58. The third-order valence-electron chi connectivity index (χ3n) is 6.31. The van der Waals surface area contributed by atoms with Crippen LogP contribution in [-0.4, -0.2) is 8.42 Å². The molecular formula is C30H32NO5PS. The number of sulfonamides is 1. The topological polar surface area (TPSA) is 81.7 Å². The quantitative estimate of drug-likeness (QED) is 0.220. The molecule has 1 N–H and O–H groups in total. The fraction of sp³-hybridized carbons (Fsp3) is 0.200. The summed E-state index contributed by atoms with van der Waals surface area (Å²) in [6.45, 7) is 8.87. The van der Waals surface area contributed by atoms with Crippen molar-refractivity contribution in [1.82, 2.24) is 4.72 Å². The molecule has 0 bridgehead atoms. The van der Waals surface area contributed by atoms with Crippen molar-refractivity contribution in [2.75, 3.05) is 0 Å². The predicted molar refractivity (Wildman–Crippen MR) is 151 cm³/mol. The van der Waals surface area contributed by atoms with Crippen LogP contribution in [0.3, 0.4) is 0 Å². The van der Waals surface area contributed by atoms with Gasteiger partial charge in [-0.2, -0.15) is 4.72 Å². The summed E-state index contributed by atoms with van der Waals surface area (Å²) in [7, 11) is -8.57. The molecule has 0 saturated heterocycles. The van der Waals surface area contributed by atoms with Crippen molar-refractivity contribution in [3.8, 4) is 11.5 Å². The van der Waals surface area contributed by atoms with Gasteiger partial charge in [0.25, 0.3) is 0 Å². The van der Waals surface area contributed by atoms with E-state index in [2.05, 4.69) is 4.72 Å². The summed E-state index contributed by atoms with van der Waals surface area (Å²) in [5, 5.41) is -1.81. The standard InChI is InChI=1S/C30H32NO5PS/c1-22-16-18-26(19-17-22)30(5,31-38(33,34)29-24(3)20-23(2)21-25(29)4)37(32,35-27-12-8-6-9-13-27)36-28-14-10-7-11-15-28/h6-21,31H,1-5H3. The zero-order chi connectivity index (χ0) is 27.6. The Labute approximate surface area is 225 Å². The van der Waals surface area contributed by atoms with Crippen molar-refractivity contribution in [1.29, 1.82) is 0 Å². The summed E-state index contributed by atoms with van der Waals surface area (Å²) < 4.78 is 58.1. The van der Waals surface area contributed by atoms with Gasteiger partial charge in [0.05, 0.1) is 4.90 Å². The van der Waals surface area contributed by atoms with Crippen LogP contribution in [0.4, 0.5) is 0 Å². The Morgan fingerprint density at radius 2 is 1.13 bits per heavy atom. The molecule has 0 spiro atoms. The fourth-order valence-electron chi connectivity index (χ4n) is 4.50. The molecule has 198 valence electrons. The molecule has 1 atom stereocenters. The molecule has 6 nitrogen and oxygen atoms in total. The maximum absolute atomic E-state index is 15.0. The van der Waals surface area contributed by atoms with Crippen molar-refractivity contribution < 1.29 is 22.0 Å². The zero-order valence-corrected chi connectivity index (χ0v) is 23.8. The number of rotatable bonds is 9. The van der Waals surface area contributed by atoms with E-state index in [-0.39, 0.29) is 16.4 Å². The third-order valence-corrected chi connectivity index (χ3v) is 10.7. The molecular weight excluding hydrogens is 517 g/mol. The second kappa shape index (κ2) is 10.8. The first-order valence-corrected chi connectivity index (χ1v) is 15.2. The number of hydrogen-bond donors (Lipinski definition) is 1. The highest BCUT2D eigenvalue weighted by Crippen LogP contribution is 2.63. The average Bonchev–Trinajstić information content (AvgIpc) is 2.84. The van der Waals surface area contributed by atoms with Gasteiger partial charge in [-0.05, 0) is 75.6 Å². The summed E-state index contributed by atoms with van der Waals surface area (Å²) in [4.78, 5) is 0.132. The third kappa shape index (κ3) is 5.70. The molecule has 0 aliphatic heterocycles. The Bertz CT molecular complexity index is 1500. The lowest BCUT2D eigenvalue weighted by Gasteiger charge is -2.37. The summed E-state index contributed by atoms with van der Waals surface area (Å²) in [5.74, 6) is 0.569. The van der Waals surface area contributed by atoms with Crippen LogP contribution in [0, 0.1) is 27.7 Å². The molecule has 0 amide bonds. The van der Waals surface area contributed by atoms with Crippen LogP contribution in [0.1, 0.15) is 34.7 Å². The molecule has 0 saturated carbocycles. The highest BCUT2D eigenvalue weighted by Gasteiger charge is 2.54. The van der Waals surface area contributed by atoms with Gasteiger partial charge < -0.3 is 9.05 Å². The van der Waals surface area contributed by atoms with Crippen LogP contribution in [-0.2, 0) is 19.9 Å². The van der Waals surface area contributed by atoms with Crippen LogP contribution < -0.4 is 13.8 Å². The van der Waals surface area contributed by atoms with Crippen molar-refractivity contribution in [2.24, 2.45) is 0 Å². The van der Waals surface area contributed by atoms with E-state index in [4.69, 9.17) is 9.05 Å². The predicted octanol–water partition coefficient (Wildman–Crippen LogP) is 7.42. The monoisotopic (exact) mass is 549 g/mol. The average molecular weight is 550 g/mol. The summed E-state index contributed by atoms with van der Waals surface area (Å²) in [6, 6.07) is 28.0. The largest absolute Gasteiger partial charge is 0.455 e. The van der Waals surface area contributed by atoms with Crippen molar-refractivity contribution >= 4 is 17.6 Å². The van der Waals surface area contributed by atoms with Crippen molar-refractivity contribution in [2.45, 2.75) is 44.8 Å². The SMILES string of the molecule is Cc1ccc(C(C)(NS(=O)(=O)c2c(C)cc(C)cc2C)P(=O)(Oc2ccccc2)Oc2ccccc2)cc1. The van der Waals surface area contributed by atoms with Gasteiger partial charge in [-0.25, -0.2) is 13.0 Å². The number of hydrogen-bond acceptors (Lipinski definition) is 5. The van der Waals surface area contributed by atoms with Crippen LogP contribution >= 0.6 is 7.60 Å². The molecule has 0 aliphatic rings. The van der Waals surface area contributed by atoms with Gasteiger partial charge in [-0.15, -0.1) is 0 Å². The first kappa shape index (κ1) is 27.6. The Hall–Kier alpha value is -3.38. The maximum Gasteiger partial charge on any atom is 0.455 e. The molecule has 0 aliphatic carbocycles. The Kier molecular flexibility index (Phi) is 7.84. The summed E-state index contributed by atoms with van der Waals surface area (Å²) in [6.07, 6.45) is 0. The summed E-state index contributed by atoms with van der Waals surface area (Å²) >= 11 is 0. The molecule has 0 heterocycles. The van der Waals surface area contributed by atoms with E-state index in [0.717, 1.165) is 11.1 Å². The number of benzene rings is 4. The van der Waals surface area contributed by atoms with Gasteiger partial charge in [0.2, 0.25) is 10.0 Å². The van der Waals surface area contributed by atoms with E-state index in [1.54, 1.807) is 93.6 Å². The highest BCUT2D eigenvalue weighted by molar-refractivity contribution is 7.90. The van der Waals surface area contributed by atoms with Gasteiger partial charge in [0.15, 0.2) is 5.28 Å². The molecule has 38 heavy (non-hydrogen) atoms. The Balaban J connectivity index is 1.94. The smallest absolute Gasteiger partial charge is 0.415 e. The van der Waals surface area contributed by atoms with E-state index in [9.17, 15) is 8.42 Å². The van der Waals surface area contributed by atoms with E-state index in [0.29, 0.717) is 16.7 Å². The molecule has 0 aromatic heterocycles. The lowest BCUT2D eigenvalue weighted by atomic mass is 10.1. The minimum atomic E-state index is -4.37. The van der Waals surface area contributed by atoms with Gasteiger partial charge in [0.1, 0.15) is 11.5 Å². The normalized spacial score (nSPS) is 13.5. The molecule has 1 unspecified atom stereocenters. The number of aryl methyl sites for hydroxylation is 4. The van der Waals surface area contributed by atoms with Crippen molar-refractivity contribution in [3.63, 3.8) is 0 Å². The molecule has 4 aromatic rings. The first-order valence-electron chi connectivity index (χ1n) is 12.2. The zero-order valence-electron chi connectivity index (χ0n) is 22.1. The van der Waals surface area contributed by atoms with E-state index in [1.807, 2.05) is 38.1 Å². The van der Waals surface area contributed by atoms with Crippen LogP contribution in [0.5, 0.6) is 11.5 Å². The van der Waals surface area contributed by atoms with Crippen LogP contribution in [0.2, 0.25) is 0 Å². The van der Waals surface area contributed by atoms with Gasteiger partial charge >= 0.3 is 7.60 Å². The van der Waals surface area contributed by atoms with E-state index < -0.39 is 22.9 Å². The van der Waals surface area contributed by atoms with Crippen LogP contribution in [0.15, 0.2) is 102 Å². The molecule has 0 fully saturated rings. The lowest BCUT2D eigenvalue weighted by molar-refractivity contribution is 0.337. The minimum absolute atomic E-state index is 0.132. The van der Waals surface area contributed by atoms with Gasteiger partial charge in [0, 0.05) is 0 Å².